The zero-order chi connectivity index (χ0) is 37.9. The summed E-state index contributed by atoms with van der Waals surface area (Å²) < 4.78 is 17.7. The molecule has 0 saturated carbocycles. The van der Waals surface area contributed by atoms with Crippen LogP contribution in [0, 0.1) is 17.8 Å². The van der Waals surface area contributed by atoms with Crippen LogP contribution in [0.4, 0.5) is 0 Å². The van der Waals surface area contributed by atoms with Gasteiger partial charge in [-0.15, -0.1) is 0 Å². The van der Waals surface area contributed by atoms with Gasteiger partial charge in [0.15, 0.2) is 0 Å². The van der Waals surface area contributed by atoms with Gasteiger partial charge in [0.1, 0.15) is 19.8 Å². The van der Waals surface area contributed by atoms with Crippen LogP contribution >= 0.6 is 0 Å². The van der Waals surface area contributed by atoms with E-state index in [0.717, 1.165) is 103 Å². The van der Waals surface area contributed by atoms with Crippen molar-refractivity contribution in [1.82, 2.24) is 4.90 Å². The van der Waals surface area contributed by atoms with Crippen LogP contribution in [0.15, 0.2) is 0 Å². The second kappa shape index (κ2) is 35.1. The van der Waals surface area contributed by atoms with E-state index in [2.05, 4.69) is 32.6 Å². The van der Waals surface area contributed by atoms with Crippen molar-refractivity contribution < 1.29 is 28.6 Å². The summed E-state index contributed by atoms with van der Waals surface area (Å²) in [6.07, 6.45) is 31.5. The minimum absolute atomic E-state index is 0.102. The predicted octanol–water partition coefficient (Wildman–Crippen LogP) is 12.2. The van der Waals surface area contributed by atoms with Gasteiger partial charge in [-0.2, -0.15) is 0 Å². The molecule has 7 nitrogen and oxygen atoms in total. The molecule has 0 radical (unpaired) electrons. The lowest BCUT2D eigenvalue weighted by Crippen LogP contribution is -2.37. The summed E-state index contributed by atoms with van der Waals surface area (Å²) >= 11 is 0. The van der Waals surface area contributed by atoms with E-state index < -0.39 is 0 Å². The summed E-state index contributed by atoms with van der Waals surface area (Å²) in [4.78, 5) is 42.1. The van der Waals surface area contributed by atoms with Crippen LogP contribution in [0.2, 0.25) is 0 Å². The first-order chi connectivity index (χ1) is 25.4. The van der Waals surface area contributed by atoms with Crippen molar-refractivity contribution in [2.24, 2.45) is 17.8 Å². The number of rotatable bonds is 38. The van der Waals surface area contributed by atoms with E-state index in [1.54, 1.807) is 0 Å². The second-order valence-electron chi connectivity index (χ2n) is 16.0. The molecule has 1 rings (SSSR count). The Kier molecular flexibility index (Phi) is 32.7. The van der Waals surface area contributed by atoms with E-state index in [4.69, 9.17) is 14.2 Å². The van der Waals surface area contributed by atoms with E-state index in [1.807, 2.05) is 0 Å². The molecule has 0 bridgehead atoms. The van der Waals surface area contributed by atoms with Gasteiger partial charge >= 0.3 is 17.9 Å². The monoisotopic (exact) mass is 736 g/mol. The fourth-order valence-electron chi connectivity index (χ4n) is 7.19. The van der Waals surface area contributed by atoms with Crippen molar-refractivity contribution in [3.05, 3.63) is 0 Å². The van der Waals surface area contributed by atoms with Gasteiger partial charge in [0.25, 0.3) is 0 Å². The molecule has 0 amide bonds. The van der Waals surface area contributed by atoms with Crippen LogP contribution in [-0.2, 0) is 28.6 Å². The summed E-state index contributed by atoms with van der Waals surface area (Å²) in [6, 6.07) is 0. The van der Waals surface area contributed by atoms with Gasteiger partial charge in [-0.1, -0.05) is 163 Å². The van der Waals surface area contributed by atoms with Crippen LogP contribution in [0.3, 0.4) is 0 Å². The fourth-order valence-corrected chi connectivity index (χ4v) is 7.19. The van der Waals surface area contributed by atoms with Gasteiger partial charge in [-0.3, -0.25) is 14.4 Å². The van der Waals surface area contributed by atoms with Crippen molar-refractivity contribution in [1.29, 1.82) is 0 Å². The molecule has 1 aliphatic rings. The van der Waals surface area contributed by atoms with E-state index in [9.17, 15) is 14.4 Å². The lowest BCUT2D eigenvalue weighted by Gasteiger charge is -2.30. The van der Waals surface area contributed by atoms with Gasteiger partial charge in [0.05, 0.1) is 17.8 Å². The number of nitrogens with zero attached hydrogens (tertiary/aromatic N) is 1. The van der Waals surface area contributed by atoms with Gasteiger partial charge < -0.3 is 19.1 Å². The Morgan fingerprint density at radius 3 is 1.23 bits per heavy atom. The summed E-state index contributed by atoms with van der Waals surface area (Å²) in [5.41, 5.74) is 0. The van der Waals surface area contributed by atoms with Gasteiger partial charge in [0, 0.05) is 6.42 Å². The number of esters is 3. The molecule has 0 aromatic carbocycles. The van der Waals surface area contributed by atoms with E-state index in [-0.39, 0.29) is 55.5 Å². The van der Waals surface area contributed by atoms with Crippen LogP contribution in [0.25, 0.3) is 0 Å². The molecule has 7 heteroatoms. The summed E-state index contributed by atoms with van der Waals surface area (Å²) in [5, 5.41) is 0. The van der Waals surface area contributed by atoms with Gasteiger partial charge in [-0.25, -0.2) is 0 Å². The number of hydrogen-bond donors (Lipinski definition) is 0. The molecule has 0 aromatic rings. The third kappa shape index (κ3) is 27.0. The van der Waals surface area contributed by atoms with Crippen molar-refractivity contribution in [2.45, 2.75) is 214 Å². The Bertz CT molecular complexity index is 798. The van der Waals surface area contributed by atoms with E-state index >= 15 is 0 Å². The standard InChI is InChI=1S/C45H85NO6/c1-5-9-13-17-19-24-31-41(29-22-15-11-7-3)44(48)51-38-40(37-50-43(47)33-26-21-27-34-46-35-28-36-46)39-52-45(49)42(30-23-16-12-8-4)32-25-20-18-14-10-6-2/h40-42H,5-39H2,1-4H3. The van der Waals surface area contributed by atoms with Crippen molar-refractivity contribution in [3.8, 4) is 0 Å². The molecule has 1 heterocycles. The minimum atomic E-state index is -0.368. The Labute approximate surface area is 321 Å². The number of likely N-dealkylation sites (tertiary alicyclic amines) is 1. The largest absolute Gasteiger partial charge is 0.465 e. The Morgan fingerprint density at radius 1 is 0.462 bits per heavy atom. The molecule has 0 aliphatic carbocycles. The lowest BCUT2D eigenvalue weighted by atomic mass is 9.94. The zero-order valence-electron chi connectivity index (χ0n) is 34.9. The fraction of sp³-hybridized carbons (Fsp3) is 0.933. The number of carbonyl (C=O) groups is 3. The van der Waals surface area contributed by atoms with E-state index in [1.165, 1.54) is 96.6 Å². The van der Waals surface area contributed by atoms with Crippen LogP contribution < -0.4 is 0 Å². The molecule has 2 atom stereocenters. The first kappa shape index (κ1) is 48.4. The van der Waals surface area contributed by atoms with Crippen molar-refractivity contribution in [3.63, 3.8) is 0 Å². The van der Waals surface area contributed by atoms with Gasteiger partial charge in [-0.05, 0) is 64.6 Å². The first-order valence-corrected chi connectivity index (χ1v) is 22.7. The van der Waals surface area contributed by atoms with Crippen LogP contribution in [0.5, 0.6) is 0 Å². The van der Waals surface area contributed by atoms with Gasteiger partial charge in [0.2, 0.25) is 0 Å². The number of ether oxygens (including phenoxy) is 3. The molecule has 1 aliphatic heterocycles. The topological polar surface area (TPSA) is 82.1 Å². The Balaban J connectivity index is 2.79. The lowest BCUT2D eigenvalue weighted by molar-refractivity contribution is -0.157. The molecule has 0 spiro atoms. The average Bonchev–Trinajstić information content (AvgIpc) is 3.12. The smallest absolute Gasteiger partial charge is 0.308 e. The van der Waals surface area contributed by atoms with E-state index in [0.29, 0.717) is 6.42 Å². The average molecular weight is 736 g/mol. The molecule has 2 unspecified atom stereocenters. The molecule has 306 valence electrons. The highest BCUT2D eigenvalue weighted by atomic mass is 16.6. The molecule has 1 saturated heterocycles. The highest BCUT2D eigenvalue weighted by Crippen LogP contribution is 2.23. The minimum Gasteiger partial charge on any atom is -0.465 e. The maximum absolute atomic E-state index is 13.5. The molecule has 0 N–H and O–H groups in total. The maximum Gasteiger partial charge on any atom is 0.308 e. The normalized spacial score (nSPS) is 14.8. The second-order valence-corrected chi connectivity index (χ2v) is 16.0. The summed E-state index contributed by atoms with van der Waals surface area (Å²) in [7, 11) is 0. The highest BCUT2D eigenvalue weighted by molar-refractivity contribution is 5.73. The number of hydrogen-bond acceptors (Lipinski definition) is 7. The summed E-state index contributed by atoms with van der Waals surface area (Å²) in [6.45, 7) is 12.7. The molecular formula is C45H85NO6. The maximum atomic E-state index is 13.5. The summed E-state index contributed by atoms with van der Waals surface area (Å²) in [5.74, 6) is -1.09. The SMILES string of the molecule is CCCCCCCCC(CCCCCC)C(=O)OCC(COC(=O)CCCCCN1CCC1)COC(=O)C(CCCCCC)CCCCCCCC. The molecule has 52 heavy (non-hydrogen) atoms. The third-order valence-corrected chi connectivity index (χ3v) is 11.0. The molecule has 1 fully saturated rings. The zero-order valence-corrected chi connectivity index (χ0v) is 34.9. The van der Waals surface area contributed by atoms with Crippen LogP contribution in [-0.4, -0.2) is 62.3 Å². The van der Waals surface area contributed by atoms with Crippen molar-refractivity contribution >= 4 is 17.9 Å². The number of unbranched alkanes of at least 4 members (excludes halogenated alkanes) is 18. The Hall–Kier alpha value is -1.63. The number of carbonyl (C=O) groups excluding carboxylic acids is 3. The third-order valence-electron chi connectivity index (χ3n) is 11.0. The Morgan fingerprint density at radius 2 is 0.827 bits per heavy atom. The molecule has 0 aromatic heterocycles. The molecular weight excluding hydrogens is 650 g/mol. The van der Waals surface area contributed by atoms with Crippen molar-refractivity contribution in [2.75, 3.05) is 39.5 Å². The quantitative estimate of drug-likeness (QED) is 0.0355. The predicted molar refractivity (Wildman–Crippen MR) is 216 cm³/mol. The highest BCUT2D eigenvalue weighted by Gasteiger charge is 2.25. The first-order valence-electron chi connectivity index (χ1n) is 22.7. The van der Waals surface area contributed by atoms with Crippen LogP contribution in [0.1, 0.15) is 214 Å².